The van der Waals surface area contributed by atoms with Crippen LogP contribution in [-0.4, -0.2) is 28.1 Å². The second kappa shape index (κ2) is 7.23. The Morgan fingerprint density at radius 3 is 2.71 bits per heavy atom. The predicted octanol–water partition coefficient (Wildman–Crippen LogP) is 3.96. The van der Waals surface area contributed by atoms with E-state index in [0.717, 1.165) is 23.2 Å². The molecule has 2 aromatic carbocycles. The lowest BCUT2D eigenvalue weighted by Crippen LogP contribution is -2.34. The molecule has 1 atom stereocenters. The normalized spacial score (nSPS) is 15.8. The van der Waals surface area contributed by atoms with Gasteiger partial charge in [0, 0.05) is 17.4 Å². The molecule has 9 heteroatoms. The Morgan fingerprint density at radius 2 is 1.96 bits per heavy atom. The number of fused-ring (bicyclic) bond motifs is 1. The molecular weight excluding hydrogens is 391 g/mol. The molecule has 28 heavy (non-hydrogen) atoms. The fourth-order valence-electron chi connectivity index (χ4n) is 3.19. The van der Waals surface area contributed by atoms with Crippen molar-refractivity contribution in [1.29, 1.82) is 0 Å². The van der Waals surface area contributed by atoms with Gasteiger partial charge in [0.05, 0.1) is 12.1 Å². The Bertz CT molecular complexity index is 1010. The molecule has 0 bridgehead atoms. The Kier molecular flexibility index (Phi) is 4.76. The summed E-state index contributed by atoms with van der Waals surface area (Å²) in [6, 6.07) is 10.6. The number of halogens is 3. The van der Waals surface area contributed by atoms with E-state index in [1.165, 1.54) is 17.5 Å². The molecule has 5 nitrogen and oxygen atoms in total. The van der Waals surface area contributed by atoms with Crippen LogP contribution in [0.25, 0.3) is 11.1 Å². The van der Waals surface area contributed by atoms with Crippen molar-refractivity contribution >= 4 is 17.4 Å². The van der Waals surface area contributed by atoms with Crippen molar-refractivity contribution < 1.29 is 22.7 Å². The molecule has 1 aliphatic heterocycles. The van der Waals surface area contributed by atoms with Gasteiger partial charge < -0.3 is 10.1 Å². The molecule has 1 aromatic heterocycles. The first-order valence-corrected chi connectivity index (χ1v) is 9.27. The molecular formula is C19H14F3N3O2S. The number of ether oxygens (including phenoxy) is 1. The van der Waals surface area contributed by atoms with Crippen molar-refractivity contribution in [3.63, 3.8) is 0 Å². The summed E-state index contributed by atoms with van der Waals surface area (Å²) < 4.78 is 49.8. The molecule has 0 spiro atoms. The number of alkyl halides is 3. The summed E-state index contributed by atoms with van der Waals surface area (Å²) in [6.07, 6.45) is -4.34. The topological polar surface area (TPSA) is 64.1 Å². The SMILES string of the molecule is O=C(NCC1Cc2cccc(-c3ccccc3C(F)(F)F)c2O1)c1csnn1. The summed E-state index contributed by atoms with van der Waals surface area (Å²) in [5.74, 6) is 0.0599. The van der Waals surface area contributed by atoms with Crippen LogP contribution in [-0.2, 0) is 12.6 Å². The van der Waals surface area contributed by atoms with Gasteiger partial charge in [-0.3, -0.25) is 4.79 Å². The van der Waals surface area contributed by atoms with Gasteiger partial charge >= 0.3 is 6.18 Å². The summed E-state index contributed by atoms with van der Waals surface area (Å²) in [4.78, 5) is 12.0. The molecule has 1 aliphatic rings. The zero-order chi connectivity index (χ0) is 19.7. The quantitative estimate of drug-likeness (QED) is 0.714. The Labute approximate surface area is 162 Å². The highest BCUT2D eigenvalue weighted by molar-refractivity contribution is 7.03. The maximum atomic E-state index is 13.4. The number of nitrogens with zero attached hydrogens (tertiary/aromatic N) is 2. The number of nitrogens with one attached hydrogen (secondary N) is 1. The van der Waals surface area contributed by atoms with Crippen LogP contribution in [0.15, 0.2) is 47.8 Å². The molecule has 0 radical (unpaired) electrons. The average Bonchev–Trinajstić information content (AvgIpc) is 3.34. The molecule has 1 unspecified atom stereocenters. The van der Waals surface area contributed by atoms with Gasteiger partial charge in [-0.2, -0.15) is 13.2 Å². The summed E-state index contributed by atoms with van der Waals surface area (Å²) in [5.41, 5.74) is 0.789. The van der Waals surface area contributed by atoms with Gasteiger partial charge in [-0.05, 0) is 28.7 Å². The first kappa shape index (κ1) is 18.4. The molecule has 0 aliphatic carbocycles. The molecule has 2 heterocycles. The van der Waals surface area contributed by atoms with Crippen molar-refractivity contribution in [2.45, 2.75) is 18.7 Å². The van der Waals surface area contributed by atoms with Gasteiger partial charge in [0.15, 0.2) is 5.69 Å². The largest absolute Gasteiger partial charge is 0.487 e. The van der Waals surface area contributed by atoms with Gasteiger partial charge in [0.1, 0.15) is 11.9 Å². The van der Waals surface area contributed by atoms with Crippen molar-refractivity contribution in [3.8, 4) is 16.9 Å². The minimum absolute atomic E-state index is 0.0742. The van der Waals surface area contributed by atoms with Crippen LogP contribution < -0.4 is 10.1 Å². The van der Waals surface area contributed by atoms with E-state index in [2.05, 4.69) is 14.9 Å². The van der Waals surface area contributed by atoms with Crippen molar-refractivity contribution in [2.24, 2.45) is 0 Å². The Morgan fingerprint density at radius 1 is 1.18 bits per heavy atom. The number of rotatable bonds is 4. The van der Waals surface area contributed by atoms with Gasteiger partial charge in [-0.15, -0.1) is 5.10 Å². The van der Waals surface area contributed by atoms with Gasteiger partial charge in [0.25, 0.3) is 5.91 Å². The van der Waals surface area contributed by atoms with E-state index in [1.54, 1.807) is 18.2 Å². The van der Waals surface area contributed by atoms with E-state index < -0.39 is 11.7 Å². The first-order valence-electron chi connectivity index (χ1n) is 8.44. The van der Waals surface area contributed by atoms with Crippen molar-refractivity contribution in [1.82, 2.24) is 14.9 Å². The third-order valence-corrected chi connectivity index (χ3v) is 4.94. The van der Waals surface area contributed by atoms with Crippen LogP contribution >= 0.6 is 11.5 Å². The van der Waals surface area contributed by atoms with Crippen LogP contribution in [0, 0.1) is 0 Å². The average molecular weight is 405 g/mol. The summed E-state index contributed by atoms with van der Waals surface area (Å²) in [7, 11) is 0. The number of carbonyl (C=O) groups excluding carboxylic acids is 1. The number of hydrogen-bond donors (Lipinski definition) is 1. The Balaban J connectivity index is 1.56. The number of hydrogen-bond acceptors (Lipinski definition) is 5. The lowest BCUT2D eigenvalue weighted by molar-refractivity contribution is -0.137. The maximum absolute atomic E-state index is 13.4. The van der Waals surface area contributed by atoms with E-state index >= 15 is 0 Å². The number of carbonyl (C=O) groups is 1. The van der Waals surface area contributed by atoms with E-state index in [9.17, 15) is 18.0 Å². The fourth-order valence-corrected chi connectivity index (χ4v) is 3.63. The maximum Gasteiger partial charge on any atom is 0.417 e. The van der Waals surface area contributed by atoms with Crippen molar-refractivity contribution in [3.05, 3.63) is 64.7 Å². The second-order valence-electron chi connectivity index (χ2n) is 6.28. The van der Waals surface area contributed by atoms with E-state index in [-0.39, 0.29) is 29.8 Å². The lowest BCUT2D eigenvalue weighted by atomic mass is 9.96. The summed E-state index contributed by atoms with van der Waals surface area (Å²) in [6.45, 7) is 0.214. The molecule has 0 saturated carbocycles. The number of para-hydroxylation sites is 1. The number of amides is 1. The van der Waals surface area contributed by atoms with Gasteiger partial charge in [-0.25, -0.2) is 0 Å². The van der Waals surface area contributed by atoms with Gasteiger partial charge in [0.2, 0.25) is 0 Å². The molecule has 0 saturated heterocycles. The third kappa shape index (κ3) is 3.57. The first-order chi connectivity index (χ1) is 13.4. The molecule has 3 aromatic rings. The third-order valence-electron chi connectivity index (χ3n) is 4.43. The molecule has 0 fully saturated rings. The number of benzene rings is 2. The Hall–Kier alpha value is -2.94. The standard InChI is InChI=1S/C19H14F3N3O2S/c20-19(21,22)15-7-2-1-5-13(15)14-6-3-4-11-8-12(27-17(11)14)9-23-18(26)16-10-28-25-24-16/h1-7,10,12H,8-9H2,(H,23,26). The van der Waals surface area contributed by atoms with E-state index in [0.29, 0.717) is 17.7 Å². The van der Waals surface area contributed by atoms with Gasteiger partial charge in [-0.1, -0.05) is 40.9 Å². The van der Waals surface area contributed by atoms with Crippen molar-refractivity contribution in [2.75, 3.05) is 6.54 Å². The van der Waals surface area contributed by atoms with Crippen LogP contribution in [0.3, 0.4) is 0 Å². The van der Waals surface area contributed by atoms with Crippen LogP contribution in [0.2, 0.25) is 0 Å². The van der Waals surface area contributed by atoms with E-state index in [1.807, 2.05) is 6.07 Å². The minimum Gasteiger partial charge on any atom is -0.487 e. The number of aromatic nitrogens is 2. The second-order valence-corrected chi connectivity index (χ2v) is 6.89. The highest BCUT2D eigenvalue weighted by Crippen LogP contribution is 2.43. The van der Waals surface area contributed by atoms with Crippen LogP contribution in [0.5, 0.6) is 5.75 Å². The molecule has 144 valence electrons. The monoisotopic (exact) mass is 405 g/mol. The zero-order valence-corrected chi connectivity index (χ0v) is 15.2. The zero-order valence-electron chi connectivity index (χ0n) is 14.4. The molecule has 1 N–H and O–H groups in total. The van der Waals surface area contributed by atoms with Crippen LogP contribution in [0.1, 0.15) is 21.6 Å². The smallest absolute Gasteiger partial charge is 0.417 e. The fraction of sp³-hybridized carbons (Fsp3) is 0.211. The highest BCUT2D eigenvalue weighted by atomic mass is 32.1. The van der Waals surface area contributed by atoms with Crippen LogP contribution in [0.4, 0.5) is 13.2 Å². The highest BCUT2D eigenvalue weighted by Gasteiger charge is 2.35. The summed E-state index contributed by atoms with van der Waals surface area (Å²) in [5, 5.41) is 7.95. The molecule has 4 rings (SSSR count). The van der Waals surface area contributed by atoms with E-state index in [4.69, 9.17) is 4.74 Å². The molecule has 1 amide bonds. The lowest BCUT2D eigenvalue weighted by Gasteiger charge is -2.16. The minimum atomic E-state index is -4.47. The summed E-state index contributed by atoms with van der Waals surface area (Å²) >= 11 is 1.07. The predicted molar refractivity (Wildman–Crippen MR) is 97.2 cm³/mol.